The zero-order chi connectivity index (χ0) is 15.2. The second kappa shape index (κ2) is 7.61. The van der Waals surface area contributed by atoms with E-state index >= 15 is 0 Å². The summed E-state index contributed by atoms with van der Waals surface area (Å²) in [7, 11) is 0. The highest BCUT2D eigenvalue weighted by atomic mass is 16.5. The second-order valence-corrected chi connectivity index (χ2v) is 5.91. The lowest BCUT2D eigenvalue weighted by Gasteiger charge is -2.33. The number of ether oxygens (including phenoxy) is 1. The van der Waals surface area contributed by atoms with E-state index in [0.29, 0.717) is 6.54 Å². The molecule has 1 N–H and O–H groups in total. The van der Waals surface area contributed by atoms with Crippen LogP contribution in [0.25, 0.3) is 0 Å². The highest BCUT2D eigenvalue weighted by Gasteiger charge is 2.26. The zero-order valence-electron chi connectivity index (χ0n) is 12.9. The Morgan fingerprint density at radius 2 is 2.23 bits per heavy atom. The molecule has 120 valence electrons. The summed E-state index contributed by atoms with van der Waals surface area (Å²) in [6, 6.07) is 3.97. The van der Waals surface area contributed by atoms with Crippen molar-refractivity contribution in [2.45, 2.75) is 25.3 Å². The standard InChI is InChI=1S/C17H24N2O3/c20-17(14-5-2-1-3-6-14)18-13-15(16-7-4-10-22-16)19-8-11-21-12-9-19/h1-2,4,7,10,14-15H,3,5-6,8-9,11-13H2,(H,18,20). The Morgan fingerprint density at radius 1 is 1.36 bits per heavy atom. The van der Waals surface area contributed by atoms with Crippen LogP contribution in [-0.2, 0) is 9.53 Å². The summed E-state index contributed by atoms with van der Waals surface area (Å²) in [6.45, 7) is 3.80. The Morgan fingerprint density at radius 3 is 2.91 bits per heavy atom. The van der Waals surface area contributed by atoms with E-state index in [-0.39, 0.29) is 17.9 Å². The van der Waals surface area contributed by atoms with Crippen molar-refractivity contribution in [2.75, 3.05) is 32.8 Å². The average Bonchev–Trinajstić information content (AvgIpc) is 3.11. The van der Waals surface area contributed by atoms with Gasteiger partial charge in [-0.2, -0.15) is 0 Å². The van der Waals surface area contributed by atoms with Gasteiger partial charge in [0, 0.05) is 25.6 Å². The molecule has 2 aliphatic rings. The first-order valence-electron chi connectivity index (χ1n) is 8.12. The van der Waals surface area contributed by atoms with Crippen molar-refractivity contribution >= 4 is 5.91 Å². The van der Waals surface area contributed by atoms with E-state index in [1.807, 2.05) is 12.1 Å². The minimum Gasteiger partial charge on any atom is -0.468 e. The molecule has 3 rings (SSSR count). The minimum absolute atomic E-state index is 0.0852. The number of hydrogen-bond donors (Lipinski definition) is 1. The maximum Gasteiger partial charge on any atom is 0.223 e. The second-order valence-electron chi connectivity index (χ2n) is 5.91. The third-order valence-corrected chi connectivity index (χ3v) is 4.47. The van der Waals surface area contributed by atoms with Gasteiger partial charge in [-0.15, -0.1) is 0 Å². The average molecular weight is 304 g/mol. The van der Waals surface area contributed by atoms with Crippen LogP contribution in [0.4, 0.5) is 0 Å². The number of amides is 1. The Balaban J connectivity index is 1.60. The summed E-state index contributed by atoms with van der Waals surface area (Å²) < 4.78 is 11.0. The quantitative estimate of drug-likeness (QED) is 0.847. The molecule has 5 nitrogen and oxygen atoms in total. The van der Waals surface area contributed by atoms with Gasteiger partial charge in [-0.1, -0.05) is 12.2 Å². The van der Waals surface area contributed by atoms with Gasteiger partial charge in [0.25, 0.3) is 0 Å². The summed E-state index contributed by atoms with van der Waals surface area (Å²) in [5, 5.41) is 3.12. The van der Waals surface area contributed by atoms with Crippen molar-refractivity contribution in [2.24, 2.45) is 5.92 Å². The third-order valence-electron chi connectivity index (χ3n) is 4.47. The van der Waals surface area contributed by atoms with E-state index in [0.717, 1.165) is 51.3 Å². The van der Waals surface area contributed by atoms with Crippen LogP contribution >= 0.6 is 0 Å². The van der Waals surface area contributed by atoms with Crippen LogP contribution in [0.15, 0.2) is 35.0 Å². The Kier molecular flexibility index (Phi) is 5.29. The molecule has 22 heavy (non-hydrogen) atoms. The van der Waals surface area contributed by atoms with Crippen LogP contribution in [0.1, 0.15) is 31.1 Å². The van der Waals surface area contributed by atoms with Gasteiger partial charge < -0.3 is 14.5 Å². The molecule has 0 bridgehead atoms. The number of hydrogen-bond acceptors (Lipinski definition) is 4. The molecule has 1 aromatic rings. The number of nitrogens with zero attached hydrogens (tertiary/aromatic N) is 1. The van der Waals surface area contributed by atoms with Gasteiger partial charge in [-0.3, -0.25) is 9.69 Å². The van der Waals surface area contributed by atoms with Crippen molar-refractivity contribution in [1.29, 1.82) is 0 Å². The van der Waals surface area contributed by atoms with E-state index in [1.54, 1.807) is 6.26 Å². The Labute approximate surface area is 131 Å². The van der Waals surface area contributed by atoms with E-state index in [9.17, 15) is 4.79 Å². The van der Waals surface area contributed by atoms with Gasteiger partial charge in [0.15, 0.2) is 0 Å². The predicted octanol–water partition coefficient (Wildman–Crippen LogP) is 2.13. The molecule has 1 aromatic heterocycles. The molecule has 1 amide bonds. The number of furan rings is 1. The number of rotatable bonds is 5. The fraction of sp³-hybridized carbons (Fsp3) is 0.588. The molecule has 0 aromatic carbocycles. The first-order valence-corrected chi connectivity index (χ1v) is 8.12. The SMILES string of the molecule is O=C(NCC(c1ccco1)N1CCOCC1)C1CC=CCC1. The molecule has 0 spiro atoms. The number of nitrogens with one attached hydrogen (secondary N) is 1. The summed E-state index contributed by atoms with van der Waals surface area (Å²) >= 11 is 0. The van der Waals surface area contributed by atoms with Crippen LogP contribution in [-0.4, -0.2) is 43.7 Å². The molecule has 0 saturated carbocycles. The Bertz CT molecular complexity index is 492. The van der Waals surface area contributed by atoms with E-state index < -0.39 is 0 Å². The van der Waals surface area contributed by atoms with Crippen molar-refractivity contribution in [3.63, 3.8) is 0 Å². The monoisotopic (exact) mass is 304 g/mol. The molecule has 2 heterocycles. The summed E-state index contributed by atoms with van der Waals surface area (Å²) in [4.78, 5) is 14.7. The fourth-order valence-electron chi connectivity index (χ4n) is 3.15. The number of morpholine rings is 1. The third kappa shape index (κ3) is 3.78. The van der Waals surface area contributed by atoms with Crippen LogP contribution in [0.3, 0.4) is 0 Å². The number of carbonyl (C=O) groups excluding carboxylic acids is 1. The first-order chi connectivity index (χ1) is 10.8. The molecule has 1 aliphatic carbocycles. The van der Waals surface area contributed by atoms with Crippen LogP contribution in [0.2, 0.25) is 0 Å². The van der Waals surface area contributed by atoms with Crippen LogP contribution < -0.4 is 5.32 Å². The van der Waals surface area contributed by atoms with Crippen molar-refractivity contribution < 1.29 is 13.9 Å². The maximum atomic E-state index is 12.3. The lowest BCUT2D eigenvalue weighted by Crippen LogP contribution is -2.44. The minimum atomic E-state index is 0.0852. The topological polar surface area (TPSA) is 54.7 Å². The normalized spacial score (nSPS) is 24.1. The smallest absolute Gasteiger partial charge is 0.223 e. The van der Waals surface area contributed by atoms with Crippen molar-refractivity contribution in [3.8, 4) is 0 Å². The molecule has 5 heteroatoms. The molecule has 1 saturated heterocycles. The summed E-state index contributed by atoms with van der Waals surface area (Å²) in [6.07, 6.45) is 8.77. The van der Waals surface area contributed by atoms with Gasteiger partial charge in [0.05, 0.1) is 25.5 Å². The summed E-state index contributed by atoms with van der Waals surface area (Å²) in [5.41, 5.74) is 0. The van der Waals surface area contributed by atoms with Crippen molar-refractivity contribution in [1.82, 2.24) is 10.2 Å². The van der Waals surface area contributed by atoms with Gasteiger partial charge in [-0.05, 0) is 31.4 Å². The van der Waals surface area contributed by atoms with E-state index in [4.69, 9.17) is 9.15 Å². The predicted molar refractivity (Wildman–Crippen MR) is 83.3 cm³/mol. The molecular formula is C17H24N2O3. The van der Waals surface area contributed by atoms with Gasteiger partial charge in [-0.25, -0.2) is 0 Å². The lowest BCUT2D eigenvalue weighted by molar-refractivity contribution is -0.125. The fourth-order valence-corrected chi connectivity index (χ4v) is 3.15. The van der Waals surface area contributed by atoms with Gasteiger partial charge in [0.2, 0.25) is 5.91 Å². The Hall–Kier alpha value is -1.59. The lowest BCUT2D eigenvalue weighted by atomic mass is 9.93. The van der Waals surface area contributed by atoms with E-state index in [2.05, 4.69) is 22.4 Å². The largest absolute Gasteiger partial charge is 0.468 e. The molecule has 1 aliphatic heterocycles. The van der Waals surface area contributed by atoms with Crippen LogP contribution in [0, 0.1) is 5.92 Å². The van der Waals surface area contributed by atoms with Gasteiger partial charge >= 0.3 is 0 Å². The first kappa shape index (κ1) is 15.3. The number of allylic oxidation sites excluding steroid dienone is 2. The molecular weight excluding hydrogens is 280 g/mol. The number of carbonyl (C=O) groups is 1. The zero-order valence-corrected chi connectivity index (χ0v) is 12.9. The summed E-state index contributed by atoms with van der Waals surface area (Å²) in [5.74, 6) is 1.19. The highest BCUT2D eigenvalue weighted by Crippen LogP contribution is 2.23. The molecule has 0 radical (unpaired) electrons. The maximum absolute atomic E-state index is 12.3. The highest BCUT2D eigenvalue weighted by molar-refractivity contribution is 5.79. The molecule has 2 unspecified atom stereocenters. The van der Waals surface area contributed by atoms with Crippen molar-refractivity contribution in [3.05, 3.63) is 36.3 Å². The van der Waals surface area contributed by atoms with Gasteiger partial charge in [0.1, 0.15) is 5.76 Å². The molecule has 2 atom stereocenters. The van der Waals surface area contributed by atoms with E-state index in [1.165, 1.54) is 0 Å². The molecule has 1 fully saturated rings. The van der Waals surface area contributed by atoms with Crippen LogP contribution in [0.5, 0.6) is 0 Å².